The zero-order chi connectivity index (χ0) is 21.5. The van der Waals surface area contributed by atoms with Crippen LogP contribution in [0.25, 0.3) is 10.9 Å². The first-order chi connectivity index (χ1) is 15.0. The molecule has 0 radical (unpaired) electrons. The monoisotopic (exact) mass is 415 g/mol. The first-order valence-electron chi connectivity index (χ1n) is 10.3. The molecule has 4 N–H and O–H groups in total. The van der Waals surface area contributed by atoms with E-state index in [2.05, 4.69) is 21.7 Å². The van der Waals surface area contributed by atoms with Gasteiger partial charge < -0.3 is 20.7 Å². The second-order valence-corrected chi connectivity index (χ2v) is 8.02. The molecule has 1 aliphatic rings. The van der Waals surface area contributed by atoms with Crippen LogP contribution in [0.15, 0.2) is 58.3 Å². The number of carboxylic acids is 1. The number of hydrogen-bond donors (Lipinski definition) is 4. The van der Waals surface area contributed by atoms with Crippen molar-refractivity contribution in [1.29, 1.82) is 0 Å². The highest BCUT2D eigenvalue weighted by Gasteiger charge is 2.24. The fourth-order valence-electron chi connectivity index (χ4n) is 4.15. The first-order valence-corrected chi connectivity index (χ1v) is 10.3. The average Bonchev–Trinajstić information content (AvgIpc) is 3.13. The fourth-order valence-corrected chi connectivity index (χ4v) is 4.15. The van der Waals surface area contributed by atoms with E-state index in [1.165, 1.54) is 24.8 Å². The molecule has 1 aliphatic carbocycles. The van der Waals surface area contributed by atoms with E-state index in [4.69, 9.17) is 5.11 Å². The van der Waals surface area contributed by atoms with Crippen molar-refractivity contribution < 1.29 is 9.90 Å². The van der Waals surface area contributed by atoms with Crippen LogP contribution in [-0.4, -0.2) is 16.1 Å². The van der Waals surface area contributed by atoms with Crippen LogP contribution in [0, 0.1) is 0 Å². The average molecular weight is 415 g/mol. The molecular formula is C24H21N3O4. The first kappa shape index (κ1) is 19.1. The summed E-state index contributed by atoms with van der Waals surface area (Å²) in [4.78, 5) is 38.7. The summed E-state index contributed by atoms with van der Waals surface area (Å²) in [5, 5.41) is 16.0. The molecule has 1 saturated carbocycles. The molecule has 0 atom stereocenters. The van der Waals surface area contributed by atoms with Crippen molar-refractivity contribution in [3.63, 3.8) is 0 Å². The van der Waals surface area contributed by atoms with Crippen molar-refractivity contribution in [2.45, 2.75) is 31.6 Å². The summed E-state index contributed by atoms with van der Waals surface area (Å²) in [6, 6.07) is 13.3. The predicted molar refractivity (Wildman–Crippen MR) is 121 cm³/mol. The van der Waals surface area contributed by atoms with Gasteiger partial charge in [-0.25, -0.2) is 0 Å². The molecule has 1 fully saturated rings. The Bertz CT molecular complexity index is 1370. The molecule has 5 rings (SSSR count). The third-order valence-electron chi connectivity index (χ3n) is 6.05. The largest absolute Gasteiger partial charge is 0.481 e. The summed E-state index contributed by atoms with van der Waals surface area (Å²) in [6.07, 6.45) is 5.17. The lowest BCUT2D eigenvalue weighted by atomic mass is 9.80. The Morgan fingerprint density at radius 2 is 1.77 bits per heavy atom. The third-order valence-corrected chi connectivity index (χ3v) is 6.05. The van der Waals surface area contributed by atoms with Crippen molar-refractivity contribution in [3.8, 4) is 0 Å². The summed E-state index contributed by atoms with van der Waals surface area (Å²) in [5.41, 5.74) is 3.30. The lowest BCUT2D eigenvalue weighted by Crippen LogP contribution is -2.35. The van der Waals surface area contributed by atoms with Gasteiger partial charge in [-0.1, -0.05) is 36.8 Å². The van der Waals surface area contributed by atoms with E-state index in [9.17, 15) is 14.4 Å². The Morgan fingerprint density at radius 3 is 2.48 bits per heavy atom. The van der Waals surface area contributed by atoms with E-state index < -0.39 is 16.8 Å². The highest BCUT2D eigenvalue weighted by molar-refractivity contribution is 5.98. The highest BCUT2D eigenvalue weighted by atomic mass is 16.4. The summed E-state index contributed by atoms with van der Waals surface area (Å²) in [7, 11) is 0. The Hall–Kier alpha value is -3.87. The van der Waals surface area contributed by atoms with E-state index >= 15 is 0 Å². The Labute approximate surface area is 177 Å². The highest BCUT2D eigenvalue weighted by Crippen LogP contribution is 2.37. The number of carbonyl (C=O) groups is 1. The number of aromatic amines is 1. The molecule has 0 saturated heterocycles. The third kappa shape index (κ3) is 3.38. The standard InChI is InChI=1S/C24H21N3O4/c28-19(29)11-15-7-3-9-17-18(12-25-20(15)17)27-22-21(23(30)24(22)31)26-16-8-2-6-14(10-16)13-4-1-5-13/h2-3,6-10,12-13,25-27H,1,4-5,11H2,(H,28,29). The minimum absolute atomic E-state index is 0.110. The smallest absolute Gasteiger partial charge is 0.307 e. The maximum absolute atomic E-state index is 12.3. The molecule has 3 aromatic carbocycles. The van der Waals surface area contributed by atoms with Gasteiger partial charge in [0.15, 0.2) is 0 Å². The molecule has 7 heteroatoms. The van der Waals surface area contributed by atoms with E-state index in [1.807, 2.05) is 24.3 Å². The number of anilines is 4. The molecule has 1 heterocycles. The maximum Gasteiger partial charge on any atom is 0.307 e. The predicted octanol–water partition coefficient (Wildman–Crippen LogP) is 4.15. The molecule has 31 heavy (non-hydrogen) atoms. The number of fused-ring (bicyclic) bond motifs is 1. The minimum Gasteiger partial charge on any atom is -0.481 e. The lowest BCUT2D eigenvalue weighted by Gasteiger charge is -2.26. The van der Waals surface area contributed by atoms with Gasteiger partial charge in [-0.3, -0.25) is 14.4 Å². The lowest BCUT2D eigenvalue weighted by molar-refractivity contribution is -0.136. The molecule has 156 valence electrons. The molecular weight excluding hydrogens is 394 g/mol. The van der Waals surface area contributed by atoms with Crippen LogP contribution < -0.4 is 21.5 Å². The fraction of sp³-hybridized carbons (Fsp3) is 0.208. The number of hydrogen-bond acceptors (Lipinski definition) is 5. The second kappa shape index (κ2) is 7.43. The summed E-state index contributed by atoms with van der Waals surface area (Å²) >= 11 is 0. The number of H-pyrrole nitrogens is 1. The van der Waals surface area contributed by atoms with Crippen molar-refractivity contribution in [2.75, 3.05) is 10.6 Å². The van der Waals surface area contributed by atoms with Crippen molar-refractivity contribution in [3.05, 3.63) is 80.2 Å². The Morgan fingerprint density at radius 1 is 1.03 bits per heavy atom. The maximum atomic E-state index is 12.3. The van der Waals surface area contributed by atoms with Crippen molar-refractivity contribution in [2.24, 2.45) is 0 Å². The van der Waals surface area contributed by atoms with Gasteiger partial charge in [-0.15, -0.1) is 0 Å². The topological polar surface area (TPSA) is 111 Å². The second-order valence-electron chi connectivity index (χ2n) is 8.02. The normalized spacial score (nSPS) is 13.9. The number of aliphatic carboxylic acids is 1. The van der Waals surface area contributed by atoms with Gasteiger partial charge in [0.1, 0.15) is 11.4 Å². The quantitative estimate of drug-likeness (QED) is 0.338. The van der Waals surface area contributed by atoms with Crippen LogP contribution in [-0.2, 0) is 11.2 Å². The van der Waals surface area contributed by atoms with E-state index in [-0.39, 0.29) is 17.8 Å². The SMILES string of the molecule is O=C(O)Cc1cccc2c(Nc3c(Nc4cccc(C5CCC5)c4)c(=O)c3=O)c[nH]c12. The number of benzene rings is 2. The van der Waals surface area contributed by atoms with Gasteiger partial charge in [0, 0.05) is 17.3 Å². The van der Waals surface area contributed by atoms with Gasteiger partial charge in [-0.05, 0) is 42.0 Å². The molecule has 0 amide bonds. The van der Waals surface area contributed by atoms with Crippen LogP contribution in [0.2, 0.25) is 0 Å². The van der Waals surface area contributed by atoms with Gasteiger partial charge in [0.05, 0.1) is 17.6 Å². The number of aromatic nitrogens is 1. The molecule has 0 spiro atoms. The van der Waals surface area contributed by atoms with Crippen LogP contribution >= 0.6 is 0 Å². The van der Waals surface area contributed by atoms with Crippen LogP contribution in [0.1, 0.15) is 36.3 Å². The van der Waals surface area contributed by atoms with E-state index in [1.54, 1.807) is 18.3 Å². The van der Waals surface area contributed by atoms with Gasteiger partial charge in [-0.2, -0.15) is 0 Å². The van der Waals surface area contributed by atoms with Crippen LogP contribution in [0.5, 0.6) is 0 Å². The minimum atomic E-state index is -0.922. The molecule has 1 aromatic heterocycles. The molecule has 0 bridgehead atoms. The van der Waals surface area contributed by atoms with Gasteiger partial charge in [0.2, 0.25) is 0 Å². The van der Waals surface area contributed by atoms with Crippen molar-refractivity contribution in [1.82, 2.24) is 4.98 Å². The molecule has 0 unspecified atom stereocenters. The van der Waals surface area contributed by atoms with Crippen LogP contribution in [0.4, 0.5) is 22.7 Å². The van der Waals surface area contributed by atoms with Gasteiger partial charge in [0.25, 0.3) is 10.9 Å². The number of para-hydroxylation sites is 1. The number of carboxylic acid groups (broad SMARTS) is 1. The van der Waals surface area contributed by atoms with Gasteiger partial charge >= 0.3 is 5.97 Å². The number of rotatable bonds is 7. The summed E-state index contributed by atoms with van der Waals surface area (Å²) < 4.78 is 0. The summed E-state index contributed by atoms with van der Waals surface area (Å²) in [5.74, 6) is -0.354. The molecule has 4 aromatic rings. The zero-order valence-electron chi connectivity index (χ0n) is 16.7. The van der Waals surface area contributed by atoms with E-state index in [0.717, 1.165) is 11.1 Å². The zero-order valence-corrected chi connectivity index (χ0v) is 16.7. The van der Waals surface area contributed by atoms with Crippen molar-refractivity contribution >= 4 is 39.6 Å². The van der Waals surface area contributed by atoms with Crippen LogP contribution in [0.3, 0.4) is 0 Å². The number of nitrogens with one attached hydrogen (secondary N) is 3. The Kier molecular flexibility index (Phi) is 4.58. The molecule has 7 nitrogen and oxygen atoms in total. The van der Waals surface area contributed by atoms with E-state index in [0.29, 0.717) is 22.7 Å². The molecule has 0 aliphatic heterocycles. The Balaban J connectivity index is 1.43. The summed E-state index contributed by atoms with van der Waals surface area (Å²) in [6.45, 7) is 0.